The first kappa shape index (κ1) is 6.52. The van der Waals surface area contributed by atoms with Crippen LogP contribution in [0.2, 0.25) is 0 Å². The highest BCUT2D eigenvalue weighted by Gasteiger charge is 2.63. The topological polar surface area (TPSA) is 54.5 Å². The Morgan fingerprint density at radius 3 is 2.73 bits per heavy atom. The molecule has 0 aromatic heterocycles. The lowest BCUT2D eigenvalue weighted by molar-refractivity contribution is -0.162. The van der Waals surface area contributed by atoms with Crippen molar-refractivity contribution < 1.29 is 14.4 Å². The fourth-order valence-electron chi connectivity index (χ4n) is 1.73. The molecular weight excluding hydrogens is 146 g/mol. The van der Waals surface area contributed by atoms with Crippen molar-refractivity contribution in [3.63, 3.8) is 0 Å². The van der Waals surface area contributed by atoms with Gasteiger partial charge in [0.25, 0.3) is 11.7 Å². The molecule has 1 atom stereocenters. The number of hydrogen-bond donors (Lipinski definition) is 0. The van der Waals surface area contributed by atoms with E-state index < -0.39 is 17.2 Å². The van der Waals surface area contributed by atoms with Crippen LogP contribution >= 0.6 is 0 Å². The van der Waals surface area contributed by atoms with Gasteiger partial charge in [-0.3, -0.25) is 14.4 Å². The molecule has 1 radical (unpaired) electrons. The number of amides is 1. The van der Waals surface area contributed by atoms with Gasteiger partial charge in [0.05, 0.1) is 0 Å². The summed E-state index contributed by atoms with van der Waals surface area (Å²) in [6.45, 7) is 0.528. The molecule has 0 unspecified atom stereocenters. The monoisotopic (exact) mass is 152 g/mol. The fraction of sp³-hybridized carbons (Fsp3) is 0.571. The number of carbonyl (C=O) groups is 2. The van der Waals surface area contributed by atoms with Crippen molar-refractivity contribution in [3.05, 3.63) is 0 Å². The van der Waals surface area contributed by atoms with Crippen LogP contribution in [-0.2, 0) is 14.4 Å². The Hall–Kier alpha value is -1.19. The van der Waals surface area contributed by atoms with E-state index in [-0.39, 0.29) is 0 Å². The van der Waals surface area contributed by atoms with Crippen LogP contribution < -0.4 is 0 Å². The minimum atomic E-state index is -1.16. The first-order valence-corrected chi connectivity index (χ1v) is 3.48. The van der Waals surface area contributed by atoms with Gasteiger partial charge < -0.3 is 4.90 Å². The second kappa shape index (κ2) is 1.69. The number of carbonyl (C=O) groups excluding carboxylic acids is 3. The van der Waals surface area contributed by atoms with Crippen LogP contribution in [0.3, 0.4) is 0 Å². The summed E-state index contributed by atoms with van der Waals surface area (Å²) in [5.41, 5.74) is -1.16. The summed E-state index contributed by atoms with van der Waals surface area (Å²) < 4.78 is 0. The van der Waals surface area contributed by atoms with E-state index in [2.05, 4.69) is 0 Å². The molecule has 57 valence electrons. The average Bonchev–Trinajstić information content (AvgIpc) is 2.43. The second-order valence-corrected chi connectivity index (χ2v) is 2.85. The Kier molecular flexibility index (Phi) is 1.00. The van der Waals surface area contributed by atoms with Gasteiger partial charge in [-0.2, -0.15) is 0 Å². The summed E-state index contributed by atoms with van der Waals surface area (Å²) in [6, 6.07) is 0. The molecule has 1 amide bonds. The molecular formula is C7H6NO3. The van der Waals surface area contributed by atoms with Crippen LogP contribution in [0.5, 0.6) is 0 Å². The lowest BCUT2D eigenvalue weighted by Gasteiger charge is -2.39. The Morgan fingerprint density at radius 2 is 2.18 bits per heavy atom. The van der Waals surface area contributed by atoms with Crippen molar-refractivity contribution in [3.8, 4) is 0 Å². The molecule has 0 spiro atoms. The molecule has 2 aliphatic rings. The largest absolute Gasteiger partial charge is 0.316 e. The molecule has 0 aromatic rings. The van der Waals surface area contributed by atoms with Gasteiger partial charge in [0.2, 0.25) is 6.29 Å². The SMILES string of the molecule is O=[C][C@]12CCCN1C(=O)C2=O. The lowest BCUT2D eigenvalue weighted by atomic mass is 9.84. The van der Waals surface area contributed by atoms with E-state index in [0.29, 0.717) is 13.0 Å². The summed E-state index contributed by atoms with van der Waals surface area (Å²) in [7, 11) is 0. The van der Waals surface area contributed by atoms with Crippen LogP contribution in [-0.4, -0.2) is 35.0 Å². The zero-order valence-corrected chi connectivity index (χ0v) is 5.79. The smallest absolute Gasteiger partial charge is 0.294 e. The maximum absolute atomic E-state index is 10.9. The fourth-order valence-corrected chi connectivity index (χ4v) is 1.73. The zero-order chi connectivity index (χ0) is 8.06. The summed E-state index contributed by atoms with van der Waals surface area (Å²) in [5.74, 6) is -1.10. The molecule has 4 nitrogen and oxygen atoms in total. The van der Waals surface area contributed by atoms with Gasteiger partial charge in [0.1, 0.15) is 0 Å². The summed E-state index contributed by atoms with van der Waals surface area (Å²) in [5, 5.41) is 0. The van der Waals surface area contributed by atoms with Gasteiger partial charge >= 0.3 is 0 Å². The molecule has 0 aliphatic carbocycles. The van der Waals surface area contributed by atoms with Crippen molar-refractivity contribution in [1.82, 2.24) is 4.90 Å². The van der Waals surface area contributed by atoms with Crippen LogP contribution in [0.25, 0.3) is 0 Å². The van der Waals surface area contributed by atoms with Crippen LogP contribution in [0.1, 0.15) is 12.8 Å². The van der Waals surface area contributed by atoms with Crippen molar-refractivity contribution in [2.75, 3.05) is 6.54 Å². The number of nitrogens with zero attached hydrogens (tertiary/aromatic N) is 1. The maximum atomic E-state index is 10.9. The highest BCUT2D eigenvalue weighted by Crippen LogP contribution is 2.36. The lowest BCUT2D eigenvalue weighted by Crippen LogP contribution is -2.69. The summed E-state index contributed by atoms with van der Waals surface area (Å²) in [6.07, 6.45) is 2.85. The molecule has 0 aromatic carbocycles. The third-order valence-corrected chi connectivity index (χ3v) is 2.36. The normalized spacial score (nSPS) is 35.1. The van der Waals surface area contributed by atoms with Crippen molar-refractivity contribution in [1.29, 1.82) is 0 Å². The number of ketones is 1. The average molecular weight is 152 g/mol. The quantitative estimate of drug-likeness (QED) is 0.276. The number of β-lactam (4-membered cyclic amide) rings is 1. The van der Waals surface area contributed by atoms with Crippen molar-refractivity contribution in [2.24, 2.45) is 0 Å². The van der Waals surface area contributed by atoms with E-state index in [0.717, 1.165) is 6.42 Å². The third kappa shape index (κ3) is 0.492. The molecule has 2 aliphatic heterocycles. The number of fused-ring (bicyclic) bond motifs is 1. The van der Waals surface area contributed by atoms with E-state index in [9.17, 15) is 14.4 Å². The van der Waals surface area contributed by atoms with Crippen molar-refractivity contribution in [2.45, 2.75) is 18.4 Å². The minimum Gasteiger partial charge on any atom is -0.316 e. The molecule has 2 rings (SSSR count). The maximum Gasteiger partial charge on any atom is 0.294 e. The molecule has 0 N–H and O–H groups in total. The summed E-state index contributed by atoms with van der Waals surface area (Å²) in [4.78, 5) is 33.5. The predicted molar refractivity (Wildman–Crippen MR) is 34.4 cm³/mol. The van der Waals surface area contributed by atoms with E-state index in [1.165, 1.54) is 4.90 Å². The predicted octanol–water partition coefficient (Wildman–Crippen LogP) is -0.960. The highest BCUT2D eigenvalue weighted by atomic mass is 16.2. The van der Waals surface area contributed by atoms with Gasteiger partial charge in [-0.05, 0) is 12.8 Å². The molecule has 2 saturated heterocycles. The highest BCUT2D eigenvalue weighted by molar-refractivity contribution is 6.50. The molecule has 2 heterocycles. The summed E-state index contributed by atoms with van der Waals surface area (Å²) >= 11 is 0. The zero-order valence-electron chi connectivity index (χ0n) is 5.79. The van der Waals surface area contributed by atoms with Crippen LogP contribution in [0.15, 0.2) is 0 Å². The first-order valence-electron chi connectivity index (χ1n) is 3.48. The van der Waals surface area contributed by atoms with E-state index in [1.807, 2.05) is 0 Å². The Morgan fingerprint density at radius 1 is 1.45 bits per heavy atom. The molecule has 0 saturated carbocycles. The van der Waals surface area contributed by atoms with Crippen molar-refractivity contribution >= 4 is 18.0 Å². The van der Waals surface area contributed by atoms with E-state index in [4.69, 9.17) is 0 Å². The van der Waals surface area contributed by atoms with Gasteiger partial charge in [0.15, 0.2) is 5.54 Å². The number of hydrogen-bond acceptors (Lipinski definition) is 3. The number of Topliss-reactive ketones (excluding diaryl/α,β-unsaturated/α-hetero) is 1. The standard InChI is InChI=1S/C7H6NO3/c9-4-7-2-1-3-8(7)6(11)5(7)10/h1-3H2/t7-/m0/s1. The van der Waals surface area contributed by atoms with Gasteiger partial charge in [-0.25, -0.2) is 0 Å². The Labute approximate surface area is 63.2 Å². The molecule has 2 fully saturated rings. The van der Waals surface area contributed by atoms with Gasteiger partial charge in [0, 0.05) is 6.54 Å². The molecule has 11 heavy (non-hydrogen) atoms. The number of rotatable bonds is 1. The Bertz CT molecular complexity index is 260. The van der Waals surface area contributed by atoms with Crippen LogP contribution in [0, 0.1) is 0 Å². The van der Waals surface area contributed by atoms with Crippen LogP contribution in [0.4, 0.5) is 0 Å². The second-order valence-electron chi connectivity index (χ2n) is 2.85. The minimum absolute atomic E-state index is 0.459. The first-order chi connectivity index (χ1) is 5.22. The van der Waals surface area contributed by atoms with Gasteiger partial charge in [-0.15, -0.1) is 0 Å². The van der Waals surface area contributed by atoms with Gasteiger partial charge in [-0.1, -0.05) is 0 Å². The third-order valence-electron chi connectivity index (χ3n) is 2.36. The van der Waals surface area contributed by atoms with E-state index in [1.54, 1.807) is 6.29 Å². The molecule has 4 heteroatoms. The Balaban J connectivity index is 2.39. The van der Waals surface area contributed by atoms with E-state index >= 15 is 0 Å². The molecule has 0 bridgehead atoms.